The largest absolute Gasteiger partial charge is 0.445 e. The molecule has 8 nitrogen and oxygen atoms in total. The Kier molecular flexibility index (Phi) is 9.32. The van der Waals surface area contributed by atoms with Crippen molar-refractivity contribution in [2.24, 2.45) is 5.92 Å². The molecule has 0 bridgehead atoms. The van der Waals surface area contributed by atoms with Crippen molar-refractivity contribution in [1.29, 1.82) is 0 Å². The van der Waals surface area contributed by atoms with Gasteiger partial charge in [0.1, 0.15) is 23.8 Å². The summed E-state index contributed by atoms with van der Waals surface area (Å²) in [6.07, 6.45) is -0.612. The summed E-state index contributed by atoms with van der Waals surface area (Å²) in [5, 5.41) is 5.83. The number of β-lactam (4-membered cyclic amide) rings is 1. The summed E-state index contributed by atoms with van der Waals surface area (Å²) in [6, 6.07) is 28.3. The summed E-state index contributed by atoms with van der Waals surface area (Å²) >= 11 is 0. The van der Waals surface area contributed by atoms with Gasteiger partial charge in [-0.15, -0.1) is 0 Å². The molecule has 0 unspecified atom stereocenters. The predicted molar refractivity (Wildman–Crippen MR) is 156 cm³/mol. The van der Waals surface area contributed by atoms with E-state index in [0.29, 0.717) is 13.0 Å². The molecule has 0 aromatic heterocycles. The molecule has 3 aromatic carbocycles. The van der Waals surface area contributed by atoms with E-state index in [-0.39, 0.29) is 18.9 Å². The average molecular weight is 558 g/mol. The van der Waals surface area contributed by atoms with E-state index in [9.17, 15) is 14.4 Å². The van der Waals surface area contributed by atoms with Crippen LogP contribution in [0.2, 0.25) is 0 Å². The molecule has 3 aromatic rings. The highest BCUT2D eigenvalue weighted by Gasteiger charge is 2.60. The van der Waals surface area contributed by atoms with Crippen LogP contribution < -0.4 is 10.6 Å². The molecule has 3 amide bonds. The van der Waals surface area contributed by atoms with Gasteiger partial charge in [-0.05, 0) is 43.9 Å². The molecule has 2 N–H and O–H groups in total. The Morgan fingerprint density at radius 3 is 1.90 bits per heavy atom. The number of alkyl carbamates (subject to hydrolysis) is 2. The molecule has 216 valence electrons. The quantitative estimate of drug-likeness (QED) is 0.224. The van der Waals surface area contributed by atoms with Gasteiger partial charge in [0.05, 0.1) is 6.04 Å². The molecule has 3 atom stereocenters. The zero-order chi connectivity index (χ0) is 29.5. The Morgan fingerprint density at radius 2 is 1.34 bits per heavy atom. The fourth-order valence-corrected chi connectivity index (χ4v) is 5.30. The second-order valence-corrected chi connectivity index (χ2v) is 11.3. The van der Waals surface area contributed by atoms with Crippen LogP contribution in [0.25, 0.3) is 0 Å². The average Bonchev–Trinajstić information content (AvgIpc) is 2.94. The minimum Gasteiger partial charge on any atom is -0.445 e. The molecular formula is C33H39N3O5. The normalized spacial score (nSPS) is 18.0. The van der Waals surface area contributed by atoms with Crippen LogP contribution in [-0.4, -0.2) is 34.3 Å². The monoisotopic (exact) mass is 557 g/mol. The minimum absolute atomic E-state index is 0.0438. The maximum Gasteiger partial charge on any atom is 0.409 e. The highest BCUT2D eigenvalue weighted by Crippen LogP contribution is 2.47. The summed E-state index contributed by atoms with van der Waals surface area (Å²) in [6.45, 7) is 7.66. The number of hydrogen-bond donors (Lipinski definition) is 2. The van der Waals surface area contributed by atoms with Crippen LogP contribution in [0.1, 0.15) is 63.3 Å². The van der Waals surface area contributed by atoms with Crippen LogP contribution >= 0.6 is 0 Å². The standard InChI is InChI=1S/C33H39N3O5/c1-5-21-33(35-31(39)41-32(2,3)4,34-30(38)40-23-25-17-11-7-12-18-25)27-28(26-19-13-8-14-20-26)36(29(27)37)22-24-15-9-6-10-16-24/h6-20,27-28H,5,21-23H2,1-4H3,(H,34,38)(H,35,39)/t27-,28-,33+/m1/s1. The minimum atomic E-state index is -1.46. The van der Waals surface area contributed by atoms with Crippen molar-refractivity contribution in [3.8, 4) is 0 Å². The lowest BCUT2D eigenvalue weighted by atomic mass is 9.72. The van der Waals surface area contributed by atoms with E-state index in [1.807, 2.05) is 97.9 Å². The van der Waals surface area contributed by atoms with Crippen molar-refractivity contribution < 1.29 is 23.9 Å². The van der Waals surface area contributed by atoms with E-state index in [4.69, 9.17) is 9.47 Å². The van der Waals surface area contributed by atoms with Crippen molar-refractivity contribution in [3.63, 3.8) is 0 Å². The fourth-order valence-electron chi connectivity index (χ4n) is 5.30. The van der Waals surface area contributed by atoms with E-state index >= 15 is 0 Å². The molecule has 0 saturated carbocycles. The van der Waals surface area contributed by atoms with Gasteiger partial charge < -0.3 is 14.4 Å². The van der Waals surface area contributed by atoms with Gasteiger partial charge >= 0.3 is 12.2 Å². The van der Waals surface area contributed by atoms with E-state index < -0.39 is 35.4 Å². The van der Waals surface area contributed by atoms with Gasteiger partial charge in [-0.2, -0.15) is 0 Å². The smallest absolute Gasteiger partial charge is 0.409 e. The van der Waals surface area contributed by atoms with Gasteiger partial charge in [-0.1, -0.05) is 104 Å². The van der Waals surface area contributed by atoms with Crippen LogP contribution in [0.15, 0.2) is 91.0 Å². The molecule has 4 rings (SSSR count). The van der Waals surface area contributed by atoms with E-state index in [2.05, 4.69) is 10.6 Å². The van der Waals surface area contributed by atoms with Gasteiger partial charge in [-0.3, -0.25) is 15.4 Å². The van der Waals surface area contributed by atoms with E-state index in [0.717, 1.165) is 16.7 Å². The maximum absolute atomic E-state index is 14.0. The van der Waals surface area contributed by atoms with Gasteiger partial charge in [0.15, 0.2) is 0 Å². The lowest BCUT2D eigenvalue weighted by molar-refractivity contribution is -0.167. The number of likely N-dealkylation sites (tertiary alicyclic amines) is 1. The van der Waals surface area contributed by atoms with Gasteiger partial charge in [-0.25, -0.2) is 9.59 Å². The molecular weight excluding hydrogens is 518 g/mol. The fraction of sp³-hybridized carbons (Fsp3) is 0.364. The highest BCUT2D eigenvalue weighted by molar-refractivity contribution is 5.89. The topological polar surface area (TPSA) is 97.0 Å². The van der Waals surface area contributed by atoms with Crippen LogP contribution in [-0.2, 0) is 27.4 Å². The molecule has 41 heavy (non-hydrogen) atoms. The van der Waals surface area contributed by atoms with E-state index in [1.165, 1.54) is 0 Å². The number of carbonyl (C=O) groups excluding carboxylic acids is 3. The third-order valence-corrected chi connectivity index (χ3v) is 6.97. The van der Waals surface area contributed by atoms with Crippen molar-refractivity contribution in [2.75, 3.05) is 0 Å². The summed E-state index contributed by atoms with van der Waals surface area (Å²) in [4.78, 5) is 42.3. The third kappa shape index (κ3) is 7.45. The number of nitrogens with one attached hydrogen (secondary N) is 2. The lowest BCUT2D eigenvalue weighted by Crippen LogP contribution is -2.74. The van der Waals surface area contributed by atoms with Crippen molar-refractivity contribution in [1.82, 2.24) is 15.5 Å². The first-order valence-electron chi connectivity index (χ1n) is 14.0. The number of amides is 3. The number of rotatable bonds is 10. The Bertz CT molecular complexity index is 1310. The van der Waals surface area contributed by atoms with Gasteiger partial charge in [0.25, 0.3) is 0 Å². The van der Waals surface area contributed by atoms with Crippen LogP contribution in [0.3, 0.4) is 0 Å². The summed E-state index contributed by atoms with van der Waals surface area (Å²) in [5.74, 6) is -0.985. The Hall–Kier alpha value is -4.33. The van der Waals surface area contributed by atoms with Crippen molar-refractivity contribution >= 4 is 18.1 Å². The predicted octanol–water partition coefficient (Wildman–Crippen LogP) is 6.33. The first kappa shape index (κ1) is 29.6. The molecule has 1 heterocycles. The molecule has 0 spiro atoms. The lowest BCUT2D eigenvalue weighted by Gasteiger charge is -2.55. The van der Waals surface area contributed by atoms with Crippen LogP contribution in [0.5, 0.6) is 0 Å². The number of carbonyl (C=O) groups is 3. The molecule has 1 aliphatic heterocycles. The summed E-state index contributed by atoms with van der Waals surface area (Å²) in [7, 11) is 0. The zero-order valence-corrected chi connectivity index (χ0v) is 24.1. The Labute approximate surface area is 242 Å². The second-order valence-electron chi connectivity index (χ2n) is 11.3. The number of ether oxygens (including phenoxy) is 2. The van der Waals surface area contributed by atoms with Gasteiger partial charge in [0, 0.05) is 6.54 Å². The molecule has 0 radical (unpaired) electrons. The first-order valence-corrected chi connectivity index (χ1v) is 14.0. The molecule has 1 fully saturated rings. The number of hydrogen-bond acceptors (Lipinski definition) is 5. The maximum atomic E-state index is 14.0. The molecule has 8 heteroatoms. The molecule has 1 aliphatic rings. The van der Waals surface area contributed by atoms with Crippen molar-refractivity contribution in [3.05, 3.63) is 108 Å². The number of nitrogens with zero attached hydrogens (tertiary/aromatic N) is 1. The van der Waals surface area contributed by atoms with E-state index in [1.54, 1.807) is 25.7 Å². The van der Waals surface area contributed by atoms with Gasteiger partial charge in [0.2, 0.25) is 5.91 Å². The highest BCUT2D eigenvalue weighted by atomic mass is 16.6. The Balaban J connectivity index is 1.70. The van der Waals surface area contributed by atoms with Crippen LogP contribution in [0, 0.1) is 5.92 Å². The first-order chi connectivity index (χ1) is 19.6. The SMILES string of the molecule is CCC[C@](NC(=O)OCc1ccccc1)(NC(=O)OC(C)(C)C)[C@H]1C(=O)N(Cc2ccccc2)[C@@H]1c1ccccc1. The van der Waals surface area contributed by atoms with Crippen molar-refractivity contribution in [2.45, 2.75) is 71.0 Å². The molecule has 0 aliphatic carbocycles. The summed E-state index contributed by atoms with van der Waals surface area (Å²) < 4.78 is 11.2. The molecule has 1 saturated heterocycles. The zero-order valence-electron chi connectivity index (χ0n) is 24.1. The van der Waals surface area contributed by atoms with Crippen LogP contribution in [0.4, 0.5) is 9.59 Å². The number of benzene rings is 3. The second kappa shape index (κ2) is 12.9. The summed E-state index contributed by atoms with van der Waals surface area (Å²) in [5.41, 5.74) is 0.461. The third-order valence-electron chi connectivity index (χ3n) is 6.97. The Morgan fingerprint density at radius 1 is 0.805 bits per heavy atom.